The van der Waals surface area contributed by atoms with Gasteiger partial charge in [0, 0.05) is 31.7 Å². The van der Waals surface area contributed by atoms with E-state index >= 15 is 0 Å². The molecule has 0 bridgehead atoms. The topological polar surface area (TPSA) is 91.5 Å². The van der Waals surface area contributed by atoms with Gasteiger partial charge in [0.05, 0.1) is 11.0 Å². The molecule has 2 heterocycles. The fourth-order valence-electron chi connectivity index (χ4n) is 2.97. The first kappa shape index (κ1) is 17.2. The summed E-state index contributed by atoms with van der Waals surface area (Å²) in [6.45, 7) is 1.94. The van der Waals surface area contributed by atoms with Crippen LogP contribution in [0.4, 0.5) is 15.9 Å². The highest BCUT2D eigenvalue weighted by molar-refractivity contribution is 5.41. The summed E-state index contributed by atoms with van der Waals surface area (Å²) in [4.78, 5) is 16.3. The van der Waals surface area contributed by atoms with Crippen LogP contribution in [0.1, 0.15) is 18.1 Å². The molecule has 1 saturated heterocycles. The molecule has 0 unspecified atom stereocenters. The number of anilines is 1. The Bertz CT molecular complexity index is 741. The first-order valence-electron chi connectivity index (χ1n) is 8.04. The Hall–Kier alpha value is -2.58. The Labute approximate surface area is 144 Å². The number of β-amino-alcohol motifs (C(OH)–C–C–N with tert-alkyl or cyclic N) is 1. The van der Waals surface area contributed by atoms with Gasteiger partial charge in [-0.1, -0.05) is 12.1 Å². The van der Waals surface area contributed by atoms with Crippen LogP contribution < -0.4 is 5.32 Å². The van der Waals surface area contributed by atoms with Crippen molar-refractivity contribution >= 4 is 11.5 Å². The summed E-state index contributed by atoms with van der Waals surface area (Å²) in [7, 11) is 0. The summed E-state index contributed by atoms with van der Waals surface area (Å²) >= 11 is 0. The van der Waals surface area contributed by atoms with Gasteiger partial charge >= 0.3 is 0 Å². The van der Waals surface area contributed by atoms with Gasteiger partial charge in [0.2, 0.25) is 0 Å². The molecule has 0 saturated carbocycles. The van der Waals surface area contributed by atoms with Crippen LogP contribution in [-0.4, -0.2) is 45.6 Å². The average molecular weight is 346 g/mol. The highest BCUT2D eigenvalue weighted by atomic mass is 19.1. The molecule has 2 N–H and O–H groups in total. The van der Waals surface area contributed by atoms with Gasteiger partial charge in [-0.3, -0.25) is 15.0 Å². The largest absolute Gasteiger partial charge is 0.387 e. The van der Waals surface area contributed by atoms with Crippen LogP contribution in [-0.2, 0) is 0 Å². The van der Waals surface area contributed by atoms with E-state index in [4.69, 9.17) is 0 Å². The van der Waals surface area contributed by atoms with Crippen LogP contribution in [0.15, 0.2) is 42.6 Å². The predicted molar refractivity (Wildman–Crippen MR) is 90.7 cm³/mol. The van der Waals surface area contributed by atoms with Crippen LogP contribution in [0.25, 0.3) is 0 Å². The van der Waals surface area contributed by atoms with E-state index in [0.29, 0.717) is 24.5 Å². The molecule has 0 amide bonds. The standard InChI is InChI=1S/C17H19FN4O3/c18-13-3-1-2-12(8-13)16(23)11-21-7-6-14(10-21)20-17-5-4-15(9-19-17)22(24)25/h1-5,8-9,14,16,23H,6-7,10-11H2,(H,19,20)/t14-,16-/m0/s1. The van der Waals surface area contributed by atoms with E-state index in [-0.39, 0.29) is 17.5 Å². The van der Waals surface area contributed by atoms with Crippen molar-refractivity contribution in [3.8, 4) is 0 Å². The summed E-state index contributed by atoms with van der Waals surface area (Å²) in [6, 6.07) is 9.13. The lowest BCUT2D eigenvalue weighted by Crippen LogP contribution is -2.30. The Morgan fingerprint density at radius 2 is 2.28 bits per heavy atom. The van der Waals surface area contributed by atoms with Crippen LogP contribution in [0, 0.1) is 15.9 Å². The van der Waals surface area contributed by atoms with Gasteiger partial charge in [-0.15, -0.1) is 0 Å². The maximum atomic E-state index is 13.2. The lowest BCUT2D eigenvalue weighted by molar-refractivity contribution is -0.385. The van der Waals surface area contributed by atoms with Crippen LogP contribution in [0.3, 0.4) is 0 Å². The fraction of sp³-hybridized carbons (Fsp3) is 0.353. The van der Waals surface area contributed by atoms with E-state index in [1.807, 2.05) is 0 Å². The molecule has 2 atom stereocenters. The van der Waals surface area contributed by atoms with Gasteiger partial charge in [-0.2, -0.15) is 0 Å². The molecule has 2 aromatic rings. The van der Waals surface area contributed by atoms with Crippen molar-refractivity contribution in [1.82, 2.24) is 9.88 Å². The van der Waals surface area contributed by atoms with E-state index in [9.17, 15) is 19.6 Å². The van der Waals surface area contributed by atoms with Crippen LogP contribution in [0.2, 0.25) is 0 Å². The summed E-state index contributed by atoms with van der Waals surface area (Å²) in [5, 5.41) is 24.1. The lowest BCUT2D eigenvalue weighted by Gasteiger charge is -2.20. The zero-order chi connectivity index (χ0) is 17.8. The zero-order valence-corrected chi connectivity index (χ0v) is 13.5. The molecule has 1 fully saturated rings. The number of hydrogen-bond acceptors (Lipinski definition) is 6. The number of aromatic nitrogens is 1. The summed E-state index contributed by atoms with van der Waals surface area (Å²) in [5.74, 6) is 0.227. The van der Waals surface area contributed by atoms with Gasteiger partial charge in [0.15, 0.2) is 0 Å². The molecule has 132 valence electrons. The number of rotatable bonds is 6. The SMILES string of the molecule is O=[N+]([O-])c1ccc(N[C@H]2CCN(C[C@H](O)c3cccc(F)c3)C2)nc1. The molecule has 1 aromatic heterocycles. The Balaban J connectivity index is 1.52. The smallest absolute Gasteiger partial charge is 0.287 e. The minimum atomic E-state index is -0.744. The molecule has 1 aromatic carbocycles. The minimum absolute atomic E-state index is 0.0446. The lowest BCUT2D eigenvalue weighted by atomic mass is 10.1. The molecule has 0 spiro atoms. The maximum absolute atomic E-state index is 13.2. The number of nitrogens with zero attached hydrogens (tertiary/aromatic N) is 3. The third-order valence-corrected chi connectivity index (χ3v) is 4.25. The zero-order valence-electron chi connectivity index (χ0n) is 13.5. The molecule has 1 aliphatic rings. The highest BCUT2D eigenvalue weighted by Crippen LogP contribution is 2.20. The summed E-state index contributed by atoms with van der Waals surface area (Å²) in [5.41, 5.74) is 0.519. The van der Waals surface area contributed by atoms with Gasteiger partial charge in [-0.25, -0.2) is 9.37 Å². The average Bonchev–Trinajstić information content (AvgIpc) is 3.02. The minimum Gasteiger partial charge on any atom is -0.387 e. The number of aliphatic hydroxyl groups excluding tert-OH is 1. The van der Waals surface area contributed by atoms with E-state index in [0.717, 1.165) is 13.0 Å². The normalized spacial score (nSPS) is 18.9. The molecule has 1 aliphatic heterocycles. The number of likely N-dealkylation sites (tertiary alicyclic amines) is 1. The maximum Gasteiger partial charge on any atom is 0.287 e. The van der Waals surface area contributed by atoms with Gasteiger partial charge in [0.25, 0.3) is 5.69 Å². The molecular formula is C17H19FN4O3. The fourth-order valence-corrected chi connectivity index (χ4v) is 2.97. The molecule has 8 heteroatoms. The number of nitrogens with one attached hydrogen (secondary N) is 1. The Morgan fingerprint density at radius 3 is 2.96 bits per heavy atom. The number of halogens is 1. The Morgan fingerprint density at radius 1 is 1.44 bits per heavy atom. The van der Waals surface area contributed by atoms with E-state index in [1.165, 1.54) is 24.4 Å². The van der Waals surface area contributed by atoms with Crippen molar-refractivity contribution in [1.29, 1.82) is 0 Å². The first-order chi connectivity index (χ1) is 12.0. The van der Waals surface area contributed by atoms with Gasteiger partial charge in [0.1, 0.15) is 17.8 Å². The Kier molecular flexibility index (Phi) is 5.20. The third kappa shape index (κ3) is 4.49. The number of hydrogen-bond donors (Lipinski definition) is 2. The number of pyridine rings is 1. The van der Waals surface area contributed by atoms with Gasteiger partial charge < -0.3 is 10.4 Å². The molecule has 0 radical (unpaired) electrons. The monoisotopic (exact) mass is 346 g/mol. The van der Waals surface area contributed by atoms with E-state index in [1.54, 1.807) is 18.2 Å². The number of benzene rings is 1. The second kappa shape index (κ2) is 7.54. The summed E-state index contributed by atoms with van der Waals surface area (Å²) < 4.78 is 13.2. The van der Waals surface area contributed by atoms with Crippen molar-refractivity contribution in [3.63, 3.8) is 0 Å². The van der Waals surface area contributed by atoms with Crippen molar-refractivity contribution in [2.45, 2.75) is 18.6 Å². The molecule has 7 nitrogen and oxygen atoms in total. The molecular weight excluding hydrogens is 327 g/mol. The predicted octanol–water partition coefficient (Wildman–Crippen LogP) is 2.35. The van der Waals surface area contributed by atoms with Crippen LogP contribution >= 0.6 is 0 Å². The second-order valence-electron chi connectivity index (χ2n) is 6.12. The first-order valence-corrected chi connectivity index (χ1v) is 8.04. The van der Waals surface area contributed by atoms with E-state index < -0.39 is 11.0 Å². The molecule has 25 heavy (non-hydrogen) atoms. The highest BCUT2D eigenvalue weighted by Gasteiger charge is 2.25. The van der Waals surface area contributed by atoms with Crippen molar-refractivity contribution in [2.75, 3.05) is 25.0 Å². The van der Waals surface area contributed by atoms with Gasteiger partial charge in [-0.05, 0) is 30.2 Å². The van der Waals surface area contributed by atoms with E-state index in [2.05, 4.69) is 15.2 Å². The van der Waals surface area contributed by atoms with Crippen molar-refractivity contribution in [3.05, 3.63) is 64.1 Å². The van der Waals surface area contributed by atoms with Crippen molar-refractivity contribution < 1.29 is 14.4 Å². The third-order valence-electron chi connectivity index (χ3n) is 4.25. The second-order valence-corrected chi connectivity index (χ2v) is 6.12. The van der Waals surface area contributed by atoms with Crippen LogP contribution in [0.5, 0.6) is 0 Å². The number of nitro groups is 1. The molecule has 0 aliphatic carbocycles. The number of aliphatic hydroxyl groups is 1. The molecule has 3 rings (SSSR count). The van der Waals surface area contributed by atoms with Crippen molar-refractivity contribution in [2.24, 2.45) is 0 Å². The summed E-state index contributed by atoms with van der Waals surface area (Å²) in [6.07, 6.45) is 1.35. The quantitative estimate of drug-likeness (QED) is 0.616.